The summed E-state index contributed by atoms with van der Waals surface area (Å²) in [6.45, 7) is 2.11. The van der Waals surface area contributed by atoms with Crippen LogP contribution in [-0.2, 0) is 6.42 Å². The fourth-order valence-corrected chi connectivity index (χ4v) is 8.14. The first kappa shape index (κ1) is 35.2. The molecule has 55 heavy (non-hydrogen) atoms. The van der Waals surface area contributed by atoms with Crippen LogP contribution in [0.4, 0.5) is 0 Å². The lowest BCUT2D eigenvalue weighted by Gasteiger charge is -2.28. The normalized spacial score (nSPS) is 11.7. The topological polar surface area (TPSA) is 17.8 Å². The molecule has 10 heteroatoms. The molecule has 2 nitrogen and oxygen atoms in total. The fraction of sp³-hybridized carbons (Fsp3) is 0.0444. The van der Waals surface area contributed by atoms with Crippen molar-refractivity contribution >= 4 is 150 Å². The average molecular weight is 679 g/mol. The minimum Gasteiger partial charge on any atom is -0.296 e. The average Bonchev–Trinajstić information content (AvgIpc) is 3.61. The number of hydrogen-bond acceptors (Lipinski definition) is 1. The molecule has 0 unspecified atom stereocenters. The van der Waals surface area contributed by atoms with Crippen molar-refractivity contribution < 1.29 is 0 Å². The van der Waals surface area contributed by atoms with Gasteiger partial charge in [-0.3, -0.25) is 4.57 Å². The third-order valence-corrected chi connectivity index (χ3v) is 10.9. The maximum atomic E-state index is 7.00. The van der Waals surface area contributed by atoms with E-state index in [1.807, 2.05) is 60.7 Å². The number of aromatic nitrogens is 2. The van der Waals surface area contributed by atoms with E-state index in [-0.39, 0.29) is 43.7 Å². The van der Waals surface area contributed by atoms with Crippen LogP contribution in [0.3, 0.4) is 0 Å². The van der Waals surface area contributed by atoms with Crippen molar-refractivity contribution in [2.24, 2.45) is 0 Å². The van der Waals surface area contributed by atoms with Crippen molar-refractivity contribution in [2.75, 3.05) is 0 Å². The first-order chi connectivity index (χ1) is 26.6. The highest BCUT2D eigenvalue weighted by atomic mass is 15.1. The van der Waals surface area contributed by atoms with Gasteiger partial charge in [0.05, 0.1) is 11.0 Å². The lowest BCUT2D eigenvalue weighted by molar-refractivity contribution is 0.909. The van der Waals surface area contributed by atoms with Crippen molar-refractivity contribution in [1.82, 2.24) is 9.55 Å². The molecule has 0 aliphatic heterocycles. The second kappa shape index (κ2) is 13.4. The molecule has 0 atom stereocenters. The Kier molecular flexibility index (Phi) is 8.57. The SMILES string of the molecule is [B]c1c([B])c([B])c2c(-c3ccc4cc(-n5c(CC)nc6ccccc65)ccc4c3)c3c([B])c([B])c([B])c([B])c3c(-c3cccc(-c4ccccc4)c3)c2c1[B]. The van der Waals surface area contributed by atoms with Crippen LogP contribution >= 0.6 is 0 Å². The summed E-state index contributed by atoms with van der Waals surface area (Å²) in [5, 5.41) is 4.34. The van der Waals surface area contributed by atoms with E-state index in [9.17, 15) is 0 Å². The van der Waals surface area contributed by atoms with Gasteiger partial charge in [0, 0.05) is 12.1 Å². The molecule has 0 spiro atoms. The van der Waals surface area contributed by atoms with E-state index < -0.39 is 0 Å². The standard InChI is InChI=1S/C45H24B8N2/c1-2-31-54-29-13-6-7-14-30(29)55(31)28-18-17-24-20-27(16-15-25(24)21-28)33-36-34(38(46)42(50)44(52)40(36)48)32(35-37(33)41(49)45(53)43(51)39(35)47)26-12-8-11-23(19-26)22-9-4-3-5-10-22/h3-21H,2H2,1H3. The lowest BCUT2D eigenvalue weighted by atomic mass is 9.59. The number of aryl methyl sites for hydroxylation is 1. The number of imidazole rings is 1. The van der Waals surface area contributed by atoms with Gasteiger partial charge in [0.1, 0.15) is 68.6 Å². The van der Waals surface area contributed by atoms with Crippen LogP contribution in [0, 0.1) is 0 Å². The van der Waals surface area contributed by atoms with Crippen LogP contribution in [0.1, 0.15) is 12.7 Å². The van der Waals surface area contributed by atoms with Gasteiger partial charge in [-0.2, -0.15) is 0 Å². The third-order valence-electron chi connectivity index (χ3n) is 10.9. The molecule has 9 rings (SSSR count). The summed E-state index contributed by atoms with van der Waals surface area (Å²) >= 11 is 0. The first-order valence-electron chi connectivity index (χ1n) is 18.0. The second-order valence-corrected chi connectivity index (χ2v) is 14.0. The smallest absolute Gasteiger partial charge is 0.114 e. The summed E-state index contributed by atoms with van der Waals surface area (Å²) in [4.78, 5) is 4.89. The van der Waals surface area contributed by atoms with E-state index in [1.165, 1.54) is 0 Å². The number of hydrogen-bond donors (Lipinski definition) is 0. The third kappa shape index (κ3) is 5.40. The van der Waals surface area contributed by atoms with Gasteiger partial charge in [-0.05, 0) is 102 Å². The highest BCUT2D eigenvalue weighted by molar-refractivity contribution is 6.71. The molecular formula is C45H24B8N2. The van der Waals surface area contributed by atoms with Crippen LogP contribution in [0.15, 0.2) is 115 Å². The zero-order valence-electron chi connectivity index (χ0n) is 30.2. The molecule has 0 bridgehead atoms. The monoisotopic (exact) mass is 680 g/mol. The van der Waals surface area contributed by atoms with Gasteiger partial charge in [0.25, 0.3) is 0 Å². The van der Waals surface area contributed by atoms with E-state index in [2.05, 4.69) is 66.1 Å². The van der Waals surface area contributed by atoms with E-state index >= 15 is 0 Å². The number of para-hydroxylation sites is 2. The Balaban J connectivity index is 1.38. The van der Waals surface area contributed by atoms with Gasteiger partial charge in [-0.15, -0.1) is 21.9 Å². The summed E-state index contributed by atoms with van der Waals surface area (Å²) in [5.41, 5.74) is 9.75. The molecule has 9 aromatic rings. The zero-order chi connectivity index (χ0) is 38.3. The fourth-order valence-electron chi connectivity index (χ4n) is 8.14. The van der Waals surface area contributed by atoms with Crippen molar-refractivity contribution in [1.29, 1.82) is 0 Å². The molecule has 238 valence electrons. The van der Waals surface area contributed by atoms with Crippen molar-refractivity contribution in [3.63, 3.8) is 0 Å². The van der Waals surface area contributed by atoms with Gasteiger partial charge < -0.3 is 0 Å². The highest BCUT2D eigenvalue weighted by Crippen LogP contribution is 2.42. The molecule has 0 fully saturated rings. The summed E-state index contributed by atoms with van der Waals surface area (Å²) < 4.78 is 2.21. The highest BCUT2D eigenvalue weighted by Gasteiger charge is 2.25. The van der Waals surface area contributed by atoms with E-state index in [0.717, 1.165) is 62.0 Å². The summed E-state index contributed by atoms with van der Waals surface area (Å²) in [5.74, 6) is 0.986. The van der Waals surface area contributed by atoms with E-state index in [0.29, 0.717) is 32.7 Å². The Morgan fingerprint density at radius 2 is 0.927 bits per heavy atom. The maximum Gasteiger partial charge on any atom is 0.114 e. The second-order valence-electron chi connectivity index (χ2n) is 14.0. The Morgan fingerprint density at radius 3 is 1.53 bits per heavy atom. The zero-order valence-corrected chi connectivity index (χ0v) is 30.2. The van der Waals surface area contributed by atoms with Crippen LogP contribution in [-0.4, -0.2) is 72.3 Å². The quantitative estimate of drug-likeness (QED) is 0.202. The van der Waals surface area contributed by atoms with Gasteiger partial charge in [-0.25, -0.2) is 4.98 Å². The van der Waals surface area contributed by atoms with Crippen molar-refractivity contribution in [2.45, 2.75) is 13.3 Å². The number of rotatable bonds is 5. The van der Waals surface area contributed by atoms with Gasteiger partial charge in [0.2, 0.25) is 0 Å². The molecule has 0 aliphatic rings. The van der Waals surface area contributed by atoms with E-state index in [1.54, 1.807) is 0 Å². The number of fused-ring (bicyclic) bond motifs is 4. The van der Waals surface area contributed by atoms with Crippen LogP contribution < -0.4 is 43.7 Å². The van der Waals surface area contributed by atoms with Crippen LogP contribution in [0.5, 0.6) is 0 Å². The number of benzene rings is 8. The van der Waals surface area contributed by atoms with E-state index in [4.69, 9.17) is 67.8 Å². The van der Waals surface area contributed by atoms with Crippen LogP contribution in [0.2, 0.25) is 0 Å². The van der Waals surface area contributed by atoms with Crippen molar-refractivity contribution in [3.8, 4) is 39.1 Å². The first-order valence-corrected chi connectivity index (χ1v) is 18.0. The predicted octanol–water partition coefficient (Wildman–Crippen LogP) is 2.40. The molecular weight excluding hydrogens is 655 g/mol. The summed E-state index contributed by atoms with van der Waals surface area (Å²) in [7, 11) is 54.5. The van der Waals surface area contributed by atoms with Gasteiger partial charge in [-0.1, -0.05) is 108 Å². The lowest BCUT2D eigenvalue weighted by Crippen LogP contribution is -2.50. The largest absolute Gasteiger partial charge is 0.296 e. The molecule has 0 saturated carbocycles. The van der Waals surface area contributed by atoms with Gasteiger partial charge >= 0.3 is 0 Å². The molecule has 0 N–H and O–H groups in total. The molecule has 0 aliphatic carbocycles. The minimum absolute atomic E-state index is 0.175. The Morgan fingerprint density at radius 1 is 0.436 bits per heavy atom. The predicted molar refractivity (Wildman–Crippen MR) is 242 cm³/mol. The van der Waals surface area contributed by atoms with Crippen LogP contribution in [0.25, 0.3) is 82.4 Å². The maximum absolute atomic E-state index is 7.00. The molecule has 16 radical (unpaired) electrons. The Hall–Kier alpha value is -5.47. The van der Waals surface area contributed by atoms with Gasteiger partial charge in [0.15, 0.2) is 0 Å². The molecule has 0 amide bonds. The Labute approximate surface area is 331 Å². The molecule has 1 heterocycles. The number of nitrogens with zero attached hydrogens (tertiary/aromatic N) is 2. The summed E-state index contributed by atoms with van der Waals surface area (Å²) in [6.07, 6.45) is 0.786. The minimum atomic E-state index is 0.175. The molecule has 8 aromatic carbocycles. The molecule has 0 saturated heterocycles. The Bertz CT molecular complexity index is 2980. The summed E-state index contributed by atoms with van der Waals surface area (Å²) in [6, 6.07) is 38.9. The van der Waals surface area contributed by atoms with Crippen molar-refractivity contribution in [3.05, 3.63) is 121 Å². The molecule has 1 aromatic heterocycles.